The van der Waals surface area contributed by atoms with Gasteiger partial charge in [0.25, 0.3) is 11.8 Å². The van der Waals surface area contributed by atoms with Crippen LogP contribution in [0.15, 0.2) is 48.7 Å². The number of rotatable bonds is 9. The number of primary amides is 1. The van der Waals surface area contributed by atoms with Crippen molar-refractivity contribution in [2.24, 2.45) is 11.7 Å². The van der Waals surface area contributed by atoms with Crippen molar-refractivity contribution >= 4 is 51.5 Å². The van der Waals surface area contributed by atoms with Crippen LogP contribution in [0.3, 0.4) is 0 Å². The molecule has 1 atom stereocenters. The van der Waals surface area contributed by atoms with Crippen LogP contribution >= 0.6 is 11.5 Å². The van der Waals surface area contributed by atoms with Crippen LogP contribution in [0.2, 0.25) is 0 Å². The number of carbonyl (C=O) groups is 3. The summed E-state index contributed by atoms with van der Waals surface area (Å²) in [6.07, 6.45) is 2.54. The molecule has 2 aromatic carbocycles. The van der Waals surface area contributed by atoms with E-state index in [2.05, 4.69) is 28.5 Å². The lowest BCUT2D eigenvalue weighted by molar-refractivity contribution is -0.122. The zero-order valence-corrected chi connectivity index (χ0v) is 22.7. The van der Waals surface area contributed by atoms with Gasteiger partial charge in [0.1, 0.15) is 10.9 Å². The summed E-state index contributed by atoms with van der Waals surface area (Å²) >= 11 is 0.791. The molecule has 4 rings (SSSR count). The van der Waals surface area contributed by atoms with E-state index in [-0.39, 0.29) is 22.2 Å². The molecule has 9 nitrogen and oxygen atoms in total. The maximum Gasteiger partial charge on any atom is 0.273 e. The molecule has 0 aliphatic rings. The molecule has 2 aromatic heterocycles. The van der Waals surface area contributed by atoms with Gasteiger partial charge in [-0.15, -0.1) is 0 Å². The Bertz CT molecular complexity index is 1510. The lowest BCUT2D eigenvalue weighted by atomic mass is 9.99. The number of carbonyl (C=O) groups excluding carboxylic acids is 3. The summed E-state index contributed by atoms with van der Waals surface area (Å²) in [6.45, 7) is 8.42. The number of benzene rings is 2. The van der Waals surface area contributed by atoms with Crippen molar-refractivity contribution in [3.05, 3.63) is 75.9 Å². The van der Waals surface area contributed by atoms with Crippen molar-refractivity contribution in [2.45, 2.75) is 40.2 Å². The van der Waals surface area contributed by atoms with Gasteiger partial charge in [-0.25, -0.2) is 0 Å². The third kappa shape index (κ3) is 5.26. The Morgan fingerprint density at radius 2 is 1.87 bits per heavy atom. The highest BCUT2D eigenvalue weighted by atomic mass is 32.1. The Kier molecular flexibility index (Phi) is 7.82. The first kappa shape index (κ1) is 26.9. The van der Waals surface area contributed by atoms with Crippen molar-refractivity contribution < 1.29 is 14.4 Å². The molecule has 0 saturated carbocycles. The minimum Gasteiger partial charge on any atom is -0.395 e. The van der Waals surface area contributed by atoms with Crippen LogP contribution in [-0.4, -0.2) is 33.6 Å². The van der Waals surface area contributed by atoms with Gasteiger partial charge in [0, 0.05) is 34.9 Å². The van der Waals surface area contributed by atoms with Crippen LogP contribution in [0, 0.1) is 19.8 Å². The summed E-state index contributed by atoms with van der Waals surface area (Å²) in [5, 5.41) is 3.85. The molecule has 4 aromatic rings. The molecule has 0 aliphatic carbocycles. The third-order valence-corrected chi connectivity index (χ3v) is 7.29. The minimum absolute atomic E-state index is 0.0412. The average Bonchev–Trinajstić information content (AvgIpc) is 3.47. The predicted octanol–water partition coefficient (Wildman–Crippen LogP) is 4.47. The van der Waals surface area contributed by atoms with Gasteiger partial charge in [0.15, 0.2) is 5.69 Å². The quantitative estimate of drug-likeness (QED) is 0.251. The molecule has 3 amide bonds. The second-order valence-electron chi connectivity index (χ2n) is 9.77. The molecule has 6 N–H and O–H groups in total. The van der Waals surface area contributed by atoms with Gasteiger partial charge >= 0.3 is 0 Å². The Morgan fingerprint density at radius 3 is 2.55 bits per heavy atom. The van der Waals surface area contributed by atoms with Crippen molar-refractivity contribution in [3.8, 4) is 0 Å². The Balaban J connectivity index is 1.94. The zero-order valence-electron chi connectivity index (χ0n) is 21.9. The number of para-hydroxylation sites is 1. The molecule has 0 radical (unpaired) electrons. The summed E-state index contributed by atoms with van der Waals surface area (Å²) in [5.74, 6) is -1.31. The lowest BCUT2D eigenvalue weighted by Gasteiger charge is -2.32. The number of hydrogen-bond acceptors (Lipinski definition) is 6. The second kappa shape index (κ2) is 11.1. The van der Waals surface area contributed by atoms with Gasteiger partial charge in [-0.3, -0.25) is 19.3 Å². The summed E-state index contributed by atoms with van der Waals surface area (Å²) in [5.41, 5.74) is 15.1. The van der Waals surface area contributed by atoms with E-state index < -0.39 is 17.9 Å². The number of nitrogens with two attached hydrogens (primary N) is 2. The van der Waals surface area contributed by atoms with Crippen molar-refractivity contribution in [1.29, 1.82) is 0 Å². The van der Waals surface area contributed by atoms with Crippen molar-refractivity contribution in [3.63, 3.8) is 0 Å². The second-order valence-corrected chi connectivity index (χ2v) is 10.5. The van der Waals surface area contributed by atoms with Gasteiger partial charge in [-0.1, -0.05) is 44.2 Å². The normalized spacial score (nSPS) is 12.0. The van der Waals surface area contributed by atoms with E-state index >= 15 is 0 Å². The van der Waals surface area contributed by atoms with E-state index in [0.717, 1.165) is 40.0 Å². The number of nitrogens with zero attached hydrogens (tertiary/aromatic N) is 2. The van der Waals surface area contributed by atoms with Crippen LogP contribution in [0.25, 0.3) is 10.9 Å². The van der Waals surface area contributed by atoms with E-state index in [1.807, 2.05) is 56.3 Å². The number of nitrogen functional groups attached to an aromatic ring is 1. The van der Waals surface area contributed by atoms with E-state index in [1.54, 1.807) is 6.20 Å². The molecule has 0 fully saturated rings. The van der Waals surface area contributed by atoms with Crippen LogP contribution in [0.1, 0.15) is 63.2 Å². The fraction of sp³-hybridized carbons (Fsp3) is 0.286. The third-order valence-electron chi connectivity index (χ3n) is 6.44. The molecule has 10 heteroatoms. The number of aromatic nitrogens is 2. The number of aryl methyl sites for hydroxylation is 2. The first-order valence-electron chi connectivity index (χ1n) is 12.4. The summed E-state index contributed by atoms with van der Waals surface area (Å²) < 4.78 is 4.03. The fourth-order valence-corrected chi connectivity index (χ4v) is 5.12. The maximum absolute atomic E-state index is 14.3. The van der Waals surface area contributed by atoms with E-state index in [9.17, 15) is 14.4 Å². The monoisotopic (exact) mass is 532 g/mol. The van der Waals surface area contributed by atoms with Gasteiger partial charge < -0.3 is 21.8 Å². The minimum atomic E-state index is -1.04. The summed E-state index contributed by atoms with van der Waals surface area (Å²) in [7, 11) is 0. The lowest BCUT2D eigenvalue weighted by Crippen LogP contribution is -2.44. The number of anilines is 2. The van der Waals surface area contributed by atoms with Crippen LogP contribution < -0.4 is 21.7 Å². The van der Waals surface area contributed by atoms with E-state index in [4.69, 9.17) is 11.5 Å². The molecule has 0 aliphatic heterocycles. The number of fused-ring (bicyclic) bond motifs is 1. The fourth-order valence-electron chi connectivity index (χ4n) is 4.38. The SMILES string of the molecule is Cc1ccc(C)c(N(C(=O)c2snc(C(N)=O)c2N)[C@H](C(=O)NCCC(C)C)c2c[nH]c3ccccc23)c1. The van der Waals surface area contributed by atoms with Gasteiger partial charge in [0.2, 0.25) is 5.91 Å². The van der Waals surface area contributed by atoms with Gasteiger partial charge in [-0.05, 0) is 61.0 Å². The van der Waals surface area contributed by atoms with E-state index in [1.165, 1.54) is 4.90 Å². The highest BCUT2D eigenvalue weighted by Gasteiger charge is 2.37. The van der Waals surface area contributed by atoms with Crippen LogP contribution in [0.5, 0.6) is 0 Å². The highest BCUT2D eigenvalue weighted by Crippen LogP contribution is 2.37. The summed E-state index contributed by atoms with van der Waals surface area (Å²) in [6, 6.07) is 12.3. The smallest absolute Gasteiger partial charge is 0.273 e. The Morgan fingerprint density at radius 1 is 1.13 bits per heavy atom. The topological polar surface area (TPSA) is 147 Å². The molecule has 0 unspecified atom stereocenters. The molecule has 2 heterocycles. The Labute approximate surface area is 225 Å². The first-order chi connectivity index (χ1) is 18.1. The largest absolute Gasteiger partial charge is 0.395 e. The molecule has 198 valence electrons. The summed E-state index contributed by atoms with van der Waals surface area (Å²) in [4.78, 5) is 44.8. The average molecular weight is 533 g/mol. The number of aromatic amines is 1. The molecular weight excluding hydrogens is 500 g/mol. The highest BCUT2D eigenvalue weighted by molar-refractivity contribution is 7.09. The zero-order chi connectivity index (χ0) is 27.6. The first-order valence-corrected chi connectivity index (χ1v) is 13.2. The molecule has 38 heavy (non-hydrogen) atoms. The number of nitrogens with one attached hydrogen (secondary N) is 2. The van der Waals surface area contributed by atoms with E-state index in [0.29, 0.717) is 23.7 Å². The molecular formula is C28H32N6O3S. The number of hydrogen-bond donors (Lipinski definition) is 4. The predicted molar refractivity (Wildman–Crippen MR) is 151 cm³/mol. The molecule has 0 spiro atoms. The molecule has 0 bridgehead atoms. The number of H-pyrrole nitrogens is 1. The van der Waals surface area contributed by atoms with Gasteiger partial charge in [-0.2, -0.15) is 4.37 Å². The van der Waals surface area contributed by atoms with Crippen molar-refractivity contribution in [2.75, 3.05) is 17.2 Å². The number of amides is 3. The van der Waals surface area contributed by atoms with Crippen LogP contribution in [-0.2, 0) is 4.79 Å². The Hall–Kier alpha value is -4.18. The van der Waals surface area contributed by atoms with Gasteiger partial charge in [0.05, 0.1) is 5.69 Å². The maximum atomic E-state index is 14.3. The van der Waals surface area contributed by atoms with Crippen molar-refractivity contribution in [1.82, 2.24) is 14.7 Å². The standard InChI is InChI=1S/C28H32N6O3S/c1-15(2)11-12-31-27(36)24(19-14-32-20-8-6-5-7-18(19)20)34(21-13-16(3)9-10-17(21)4)28(37)25-22(29)23(26(30)35)33-38-25/h5-10,13-15,24,32H,11-12,29H2,1-4H3,(H2,30,35)(H,31,36)/t24-/m0/s1. The molecule has 0 saturated heterocycles. The van der Waals surface area contributed by atoms with Crippen LogP contribution in [0.4, 0.5) is 11.4 Å².